The molecule has 5 N–H and O–H groups in total. The zero-order chi connectivity index (χ0) is 25.7. The predicted octanol–water partition coefficient (Wildman–Crippen LogP) is 2.55. The van der Waals surface area contributed by atoms with Gasteiger partial charge in [0.05, 0.1) is 0 Å². The molecule has 0 bridgehead atoms. The second-order valence-corrected chi connectivity index (χ2v) is 8.94. The van der Waals surface area contributed by atoms with Crippen LogP contribution in [0, 0.1) is 5.82 Å². The molecule has 1 saturated heterocycles. The average Bonchev–Trinajstić information content (AvgIpc) is 2.86. The Morgan fingerprint density at radius 3 is 2.28 bits per heavy atom. The molecule has 2 aliphatic rings. The van der Waals surface area contributed by atoms with Crippen LogP contribution in [0.2, 0.25) is 0 Å². The van der Waals surface area contributed by atoms with Crippen molar-refractivity contribution in [2.75, 3.05) is 55.2 Å². The van der Waals surface area contributed by atoms with E-state index in [1.165, 1.54) is 12.1 Å². The number of nitrogen functional groups attached to an aromatic ring is 1. The maximum Gasteiger partial charge on any atom is 0.228 e. The van der Waals surface area contributed by atoms with Gasteiger partial charge in [-0.05, 0) is 17.7 Å². The van der Waals surface area contributed by atoms with Gasteiger partial charge < -0.3 is 21.7 Å². The highest BCUT2D eigenvalue weighted by atomic mass is 19.1. The number of hydrogen-bond donors (Lipinski definition) is 3. The fraction of sp³-hybridized carbons (Fsp3) is 0.346. The number of nitrogens with zero attached hydrogens (tertiary/aromatic N) is 6. The zero-order valence-electron chi connectivity index (χ0n) is 20.5. The number of amidine groups is 1. The number of piperazine rings is 1. The lowest BCUT2D eigenvalue weighted by Crippen LogP contribution is -2.61. The van der Waals surface area contributed by atoms with Gasteiger partial charge in [0.15, 0.2) is 17.4 Å². The van der Waals surface area contributed by atoms with E-state index in [0.717, 1.165) is 38.3 Å². The van der Waals surface area contributed by atoms with Crippen LogP contribution in [0.1, 0.15) is 17.7 Å². The number of anilines is 3. The zero-order valence-corrected chi connectivity index (χ0v) is 20.5. The largest absolute Gasteiger partial charge is 0.382 e. The summed E-state index contributed by atoms with van der Waals surface area (Å²) in [6.45, 7) is 16.5. The molecule has 0 saturated carbocycles. The predicted molar refractivity (Wildman–Crippen MR) is 144 cm³/mol. The Morgan fingerprint density at radius 1 is 1.00 bits per heavy atom. The molecule has 190 valence electrons. The molecule has 0 spiro atoms. The van der Waals surface area contributed by atoms with Gasteiger partial charge in [-0.2, -0.15) is 4.98 Å². The maximum absolute atomic E-state index is 13.2. The fourth-order valence-electron chi connectivity index (χ4n) is 4.65. The van der Waals surface area contributed by atoms with Crippen LogP contribution < -0.4 is 21.7 Å². The SMILES string of the molecule is C=CCN(CC=C)c1nc(N)c2c(n1)C(N)=NC(CC=C)(N1CCN(Cc3ccc(F)cc3)CC1)N2. The summed E-state index contributed by atoms with van der Waals surface area (Å²) >= 11 is 0. The molecule has 1 aromatic heterocycles. The molecule has 0 radical (unpaired) electrons. The van der Waals surface area contributed by atoms with Gasteiger partial charge in [0, 0.05) is 52.2 Å². The molecule has 3 heterocycles. The Hall–Kier alpha value is -3.76. The molecular formula is C26H34FN9. The van der Waals surface area contributed by atoms with Crippen molar-refractivity contribution < 1.29 is 4.39 Å². The number of aliphatic imine (C=N–C) groups is 1. The number of fused-ring (bicyclic) bond motifs is 1. The third-order valence-electron chi connectivity index (χ3n) is 6.42. The molecule has 0 aliphatic carbocycles. The summed E-state index contributed by atoms with van der Waals surface area (Å²) < 4.78 is 13.2. The highest BCUT2D eigenvalue weighted by molar-refractivity contribution is 6.04. The van der Waals surface area contributed by atoms with Gasteiger partial charge >= 0.3 is 0 Å². The van der Waals surface area contributed by atoms with Gasteiger partial charge in [-0.15, -0.1) is 19.7 Å². The number of benzene rings is 1. The summed E-state index contributed by atoms with van der Waals surface area (Å²) in [5.41, 5.74) is 15.0. The van der Waals surface area contributed by atoms with Crippen LogP contribution in [0.15, 0.2) is 67.2 Å². The Balaban J connectivity index is 1.55. The van der Waals surface area contributed by atoms with Crippen molar-refractivity contribution in [2.24, 2.45) is 10.7 Å². The summed E-state index contributed by atoms with van der Waals surface area (Å²) in [6.07, 6.45) is 5.87. The molecule has 1 fully saturated rings. The maximum atomic E-state index is 13.2. The van der Waals surface area contributed by atoms with Crippen LogP contribution in [-0.4, -0.2) is 70.7 Å². The Morgan fingerprint density at radius 2 is 1.67 bits per heavy atom. The first kappa shape index (κ1) is 25.3. The minimum atomic E-state index is -0.832. The Bertz CT molecular complexity index is 1130. The average molecular weight is 492 g/mol. The van der Waals surface area contributed by atoms with Crippen LogP contribution in [0.4, 0.5) is 21.8 Å². The van der Waals surface area contributed by atoms with Gasteiger partial charge in [-0.1, -0.05) is 30.4 Å². The van der Waals surface area contributed by atoms with Crippen LogP contribution >= 0.6 is 0 Å². The van der Waals surface area contributed by atoms with E-state index >= 15 is 0 Å². The molecule has 4 rings (SSSR count). The first-order chi connectivity index (χ1) is 17.4. The summed E-state index contributed by atoms with van der Waals surface area (Å²) in [4.78, 5) is 20.6. The lowest BCUT2D eigenvalue weighted by atomic mass is 10.1. The monoisotopic (exact) mass is 491 g/mol. The highest BCUT2D eigenvalue weighted by Crippen LogP contribution is 2.35. The van der Waals surface area contributed by atoms with Crippen LogP contribution in [0.3, 0.4) is 0 Å². The van der Waals surface area contributed by atoms with Crippen molar-refractivity contribution in [2.45, 2.75) is 18.8 Å². The number of aromatic nitrogens is 2. The molecule has 10 heteroatoms. The van der Waals surface area contributed by atoms with Crippen molar-refractivity contribution in [3.63, 3.8) is 0 Å². The van der Waals surface area contributed by atoms with Crippen LogP contribution in [0.5, 0.6) is 0 Å². The van der Waals surface area contributed by atoms with E-state index < -0.39 is 5.79 Å². The molecular weight excluding hydrogens is 457 g/mol. The Labute approximate surface area is 211 Å². The minimum absolute atomic E-state index is 0.224. The fourth-order valence-corrected chi connectivity index (χ4v) is 4.65. The number of hydrogen-bond acceptors (Lipinski definition) is 9. The smallest absolute Gasteiger partial charge is 0.228 e. The third kappa shape index (κ3) is 5.24. The molecule has 1 unspecified atom stereocenters. The van der Waals surface area contributed by atoms with Gasteiger partial charge in [0.25, 0.3) is 0 Å². The van der Waals surface area contributed by atoms with Crippen molar-refractivity contribution in [1.82, 2.24) is 19.8 Å². The molecule has 2 aliphatic heterocycles. The van der Waals surface area contributed by atoms with Gasteiger partial charge in [0.1, 0.15) is 17.2 Å². The van der Waals surface area contributed by atoms with Gasteiger partial charge in [0.2, 0.25) is 5.95 Å². The van der Waals surface area contributed by atoms with Crippen LogP contribution in [-0.2, 0) is 6.54 Å². The van der Waals surface area contributed by atoms with E-state index in [1.54, 1.807) is 12.2 Å². The lowest BCUT2D eigenvalue weighted by molar-refractivity contribution is 0.0498. The molecule has 1 aromatic carbocycles. The second-order valence-electron chi connectivity index (χ2n) is 8.94. The molecule has 1 atom stereocenters. The highest BCUT2D eigenvalue weighted by Gasteiger charge is 2.42. The Kier molecular flexibility index (Phi) is 7.66. The number of nitrogens with one attached hydrogen (secondary N) is 1. The molecule has 0 amide bonds. The first-order valence-electron chi connectivity index (χ1n) is 12.0. The number of halogens is 1. The van der Waals surface area contributed by atoms with Crippen molar-refractivity contribution in [1.29, 1.82) is 0 Å². The third-order valence-corrected chi connectivity index (χ3v) is 6.42. The molecule has 9 nitrogen and oxygen atoms in total. The first-order valence-corrected chi connectivity index (χ1v) is 12.0. The normalized spacial score (nSPS) is 20.1. The minimum Gasteiger partial charge on any atom is -0.382 e. The standard InChI is InChI=1S/C26H34FN9/c1-4-11-26(36-16-14-34(15-17-36)18-19-7-9-20(27)10-8-19)32-22-21(24(29)33-26)30-25(31-23(22)28)35(12-5-2)13-6-3/h4-10,32H,1-3,11-18H2,(H2,29,33)(H2,28,30,31). The van der Waals surface area contributed by atoms with E-state index in [2.05, 4.69) is 44.8 Å². The lowest BCUT2D eigenvalue weighted by Gasteiger charge is -2.47. The van der Waals surface area contributed by atoms with Gasteiger partial charge in [-0.3, -0.25) is 9.80 Å². The summed E-state index contributed by atoms with van der Waals surface area (Å²) in [6, 6.07) is 6.65. The molecule has 36 heavy (non-hydrogen) atoms. The number of rotatable bonds is 10. The van der Waals surface area contributed by atoms with E-state index in [-0.39, 0.29) is 5.82 Å². The number of nitrogens with two attached hydrogens (primary N) is 2. The topological polar surface area (TPSA) is 112 Å². The van der Waals surface area contributed by atoms with E-state index in [9.17, 15) is 4.39 Å². The van der Waals surface area contributed by atoms with E-state index in [0.29, 0.717) is 48.5 Å². The second kappa shape index (κ2) is 10.9. The summed E-state index contributed by atoms with van der Waals surface area (Å²) in [7, 11) is 0. The quantitative estimate of drug-likeness (QED) is 0.435. The van der Waals surface area contributed by atoms with Crippen molar-refractivity contribution in [3.05, 3.63) is 79.3 Å². The van der Waals surface area contributed by atoms with Crippen molar-refractivity contribution >= 4 is 23.3 Å². The van der Waals surface area contributed by atoms with Crippen LogP contribution in [0.25, 0.3) is 0 Å². The van der Waals surface area contributed by atoms with Crippen molar-refractivity contribution in [3.8, 4) is 0 Å². The van der Waals surface area contributed by atoms with E-state index in [4.69, 9.17) is 16.5 Å². The van der Waals surface area contributed by atoms with Gasteiger partial charge in [-0.25, -0.2) is 14.4 Å². The summed E-state index contributed by atoms with van der Waals surface area (Å²) in [5, 5.41) is 3.50. The summed E-state index contributed by atoms with van der Waals surface area (Å²) in [5.74, 6) is -0.0156. The molecule has 2 aromatic rings. The van der Waals surface area contributed by atoms with E-state index in [1.807, 2.05) is 23.1 Å².